The van der Waals surface area contributed by atoms with E-state index in [1.165, 1.54) is 17.3 Å². The number of rotatable bonds is 2. The lowest BCUT2D eigenvalue weighted by molar-refractivity contribution is 0.619. The van der Waals surface area contributed by atoms with Gasteiger partial charge in [-0.05, 0) is 42.2 Å². The largest absolute Gasteiger partial charge is 0.367 e. The van der Waals surface area contributed by atoms with Crippen LogP contribution in [0.4, 0.5) is 10.1 Å². The second kappa shape index (κ2) is 5.63. The summed E-state index contributed by atoms with van der Waals surface area (Å²) >= 11 is 0. The van der Waals surface area contributed by atoms with Gasteiger partial charge in [-0.1, -0.05) is 30.3 Å². The molecule has 0 saturated carbocycles. The summed E-state index contributed by atoms with van der Waals surface area (Å²) in [6.07, 6.45) is 2.06. The van der Waals surface area contributed by atoms with Crippen LogP contribution in [0.1, 0.15) is 30.0 Å². The quantitative estimate of drug-likeness (QED) is 0.903. The SMILES string of the molecule is NC1CCCN(Cc2cccc(F)c2)c2ccccc21. The van der Waals surface area contributed by atoms with E-state index < -0.39 is 0 Å². The van der Waals surface area contributed by atoms with Gasteiger partial charge in [0.1, 0.15) is 5.82 Å². The van der Waals surface area contributed by atoms with Gasteiger partial charge in [-0.3, -0.25) is 0 Å². The molecule has 20 heavy (non-hydrogen) atoms. The highest BCUT2D eigenvalue weighted by molar-refractivity contribution is 5.56. The maximum absolute atomic E-state index is 13.3. The van der Waals surface area contributed by atoms with Crippen LogP contribution in [0.5, 0.6) is 0 Å². The highest BCUT2D eigenvalue weighted by Crippen LogP contribution is 2.32. The molecule has 1 heterocycles. The van der Waals surface area contributed by atoms with Crippen molar-refractivity contribution in [3.63, 3.8) is 0 Å². The average Bonchev–Trinajstić information content (AvgIpc) is 2.60. The summed E-state index contributed by atoms with van der Waals surface area (Å²) < 4.78 is 13.3. The topological polar surface area (TPSA) is 29.3 Å². The molecule has 2 nitrogen and oxygen atoms in total. The molecule has 1 aliphatic heterocycles. The number of hydrogen-bond acceptors (Lipinski definition) is 2. The minimum absolute atomic E-state index is 0.101. The molecule has 0 amide bonds. The Morgan fingerprint density at radius 3 is 2.85 bits per heavy atom. The van der Waals surface area contributed by atoms with E-state index in [1.54, 1.807) is 12.1 Å². The highest BCUT2D eigenvalue weighted by Gasteiger charge is 2.20. The van der Waals surface area contributed by atoms with Gasteiger partial charge in [-0.25, -0.2) is 4.39 Å². The predicted octanol–water partition coefficient (Wildman–Crippen LogP) is 3.63. The molecule has 1 atom stereocenters. The zero-order valence-corrected chi connectivity index (χ0v) is 11.4. The summed E-state index contributed by atoms with van der Waals surface area (Å²) in [4.78, 5) is 2.30. The molecule has 0 radical (unpaired) electrons. The van der Waals surface area contributed by atoms with Crippen LogP contribution in [0.2, 0.25) is 0 Å². The summed E-state index contributed by atoms with van der Waals surface area (Å²) in [6, 6.07) is 15.2. The Kier molecular flexibility index (Phi) is 3.70. The van der Waals surface area contributed by atoms with E-state index in [0.29, 0.717) is 0 Å². The monoisotopic (exact) mass is 270 g/mol. The van der Waals surface area contributed by atoms with Crippen LogP contribution in [-0.4, -0.2) is 6.54 Å². The molecule has 0 saturated heterocycles. The van der Waals surface area contributed by atoms with E-state index in [-0.39, 0.29) is 11.9 Å². The Bertz CT molecular complexity index is 597. The van der Waals surface area contributed by atoms with Crippen LogP contribution >= 0.6 is 0 Å². The molecule has 0 spiro atoms. The minimum atomic E-state index is -0.178. The van der Waals surface area contributed by atoms with Gasteiger partial charge >= 0.3 is 0 Å². The molecule has 0 aromatic heterocycles. The smallest absolute Gasteiger partial charge is 0.123 e. The molecule has 3 rings (SSSR count). The first-order chi connectivity index (χ1) is 9.74. The number of hydrogen-bond donors (Lipinski definition) is 1. The van der Waals surface area contributed by atoms with E-state index in [9.17, 15) is 4.39 Å². The van der Waals surface area contributed by atoms with Crippen molar-refractivity contribution < 1.29 is 4.39 Å². The summed E-state index contributed by atoms with van der Waals surface area (Å²) in [5, 5.41) is 0. The van der Waals surface area contributed by atoms with Crippen LogP contribution in [-0.2, 0) is 6.54 Å². The van der Waals surface area contributed by atoms with Crippen molar-refractivity contribution >= 4 is 5.69 Å². The normalized spacial score (nSPS) is 18.5. The molecule has 1 unspecified atom stereocenters. The summed E-state index contributed by atoms with van der Waals surface area (Å²) in [6.45, 7) is 1.68. The van der Waals surface area contributed by atoms with E-state index in [0.717, 1.165) is 31.5 Å². The molecule has 3 heteroatoms. The first kappa shape index (κ1) is 13.1. The maximum atomic E-state index is 13.3. The second-order valence-corrected chi connectivity index (χ2v) is 5.36. The van der Waals surface area contributed by atoms with Gasteiger partial charge < -0.3 is 10.6 Å². The molecule has 104 valence electrons. The Morgan fingerprint density at radius 1 is 1.15 bits per heavy atom. The van der Waals surface area contributed by atoms with Crippen LogP contribution in [0.15, 0.2) is 48.5 Å². The summed E-state index contributed by atoms with van der Waals surface area (Å²) in [5.74, 6) is -0.178. The zero-order valence-electron chi connectivity index (χ0n) is 11.4. The van der Waals surface area contributed by atoms with Crippen molar-refractivity contribution in [2.75, 3.05) is 11.4 Å². The number of fused-ring (bicyclic) bond motifs is 1. The average molecular weight is 270 g/mol. The van der Waals surface area contributed by atoms with Crippen molar-refractivity contribution in [2.24, 2.45) is 5.73 Å². The standard InChI is InChI=1S/C17H19FN2/c18-14-6-3-5-13(11-14)12-20-10-4-8-16(19)15-7-1-2-9-17(15)20/h1-3,5-7,9,11,16H,4,8,10,12,19H2. The van der Waals surface area contributed by atoms with Gasteiger partial charge in [-0.15, -0.1) is 0 Å². The van der Waals surface area contributed by atoms with Crippen molar-refractivity contribution in [3.8, 4) is 0 Å². The van der Waals surface area contributed by atoms with Crippen molar-refractivity contribution in [2.45, 2.75) is 25.4 Å². The molecule has 1 aliphatic rings. The van der Waals surface area contributed by atoms with Gasteiger partial charge in [0, 0.05) is 24.8 Å². The number of para-hydroxylation sites is 1. The van der Waals surface area contributed by atoms with Crippen LogP contribution in [0.3, 0.4) is 0 Å². The lowest BCUT2D eigenvalue weighted by atomic mass is 10.0. The van der Waals surface area contributed by atoms with Crippen molar-refractivity contribution in [1.29, 1.82) is 0 Å². The number of nitrogens with two attached hydrogens (primary N) is 1. The van der Waals surface area contributed by atoms with Gasteiger partial charge in [0.25, 0.3) is 0 Å². The van der Waals surface area contributed by atoms with Crippen LogP contribution in [0, 0.1) is 5.82 Å². The molecule has 0 fully saturated rings. The highest BCUT2D eigenvalue weighted by atomic mass is 19.1. The lowest BCUT2D eigenvalue weighted by Crippen LogP contribution is -2.23. The van der Waals surface area contributed by atoms with Gasteiger partial charge in [0.05, 0.1) is 0 Å². The first-order valence-corrected chi connectivity index (χ1v) is 7.08. The Balaban J connectivity index is 1.91. The van der Waals surface area contributed by atoms with Gasteiger partial charge in [0.2, 0.25) is 0 Å². The van der Waals surface area contributed by atoms with Crippen molar-refractivity contribution in [1.82, 2.24) is 0 Å². The fourth-order valence-corrected chi connectivity index (χ4v) is 2.89. The fraction of sp³-hybridized carbons (Fsp3) is 0.294. The molecular formula is C17H19FN2. The molecule has 2 N–H and O–H groups in total. The van der Waals surface area contributed by atoms with E-state index in [4.69, 9.17) is 5.73 Å². The molecule has 2 aromatic rings. The third-order valence-electron chi connectivity index (χ3n) is 3.88. The third-order valence-corrected chi connectivity index (χ3v) is 3.88. The summed E-state index contributed by atoms with van der Waals surface area (Å²) in [7, 11) is 0. The zero-order chi connectivity index (χ0) is 13.9. The second-order valence-electron chi connectivity index (χ2n) is 5.36. The van der Waals surface area contributed by atoms with Gasteiger partial charge in [-0.2, -0.15) is 0 Å². The van der Waals surface area contributed by atoms with Crippen LogP contribution in [0.25, 0.3) is 0 Å². The summed E-state index contributed by atoms with van der Waals surface area (Å²) in [5.41, 5.74) is 9.61. The van der Waals surface area contributed by atoms with Crippen molar-refractivity contribution in [3.05, 3.63) is 65.5 Å². The maximum Gasteiger partial charge on any atom is 0.123 e. The Hall–Kier alpha value is -1.87. The molecular weight excluding hydrogens is 251 g/mol. The van der Waals surface area contributed by atoms with E-state index >= 15 is 0 Å². The molecule has 0 aliphatic carbocycles. The molecule has 0 bridgehead atoms. The van der Waals surface area contributed by atoms with E-state index in [1.807, 2.05) is 18.2 Å². The Morgan fingerprint density at radius 2 is 2.00 bits per heavy atom. The molecule has 2 aromatic carbocycles. The first-order valence-electron chi connectivity index (χ1n) is 7.08. The number of halogens is 1. The third kappa shape index (κ3) is 2.68. The number of anilines is 1. The predicted molar refractivity (Wildman–Crippen MR) is 80.1 cm³/mol. The lowest BCUT2D eigenvalue weighted by Gasteiger charge is -2.25. The number of nitrogens with zero attached hydrogens (tertiary/aromatic N) is 1. The Labute approximate surface area is 119 Å². The van der Waals surface area contributed by atoms with Crippen LogP contribution < -0.4 is 10.6 Å². The minimum Gasteiger partial charge on any atom is -0.367 e. The van der Waals surface area contributed by atoms with E-state index in [2.05, 4.69) is 17.0 Å². The number of benzene rings is 2. The fourth-order valence-electron chi connectivity index (χ4n) is 2.89. The van der Waals surface area contributed by atoms with Gasteiger partial charge in [0.15, 0.2) is 0 Å².